The van der Waals surface area contributed by atoms with E-state index in [0.717, 1.165) is 37.0 Å². The smallest absolute Gasteiger partial charge is 0.226 e. The first-order chi connectivity index (χ1) is 14.1. The van der Waals surface area contributed by atoms with E-state index in [2.05, 4.69) is 24.2 Å². The van der Waals surface area contributed by atoms with Gasteiger partial charge in [-0.2, -0.15) is 0 Å². The number of oxime groups is 1. The van der Waals surface area contributed by atoms with Crippen molar-refractivity contribution in [3.05, 3.63) is 71.0 Å². The van der Waals surface area contributed by atoms with Crippen molar-refractivity contribution in [2.75, 3.05) is 6.54 Å². The van der Waals surface area contributed by atoms with E-state index in [0.29, 0.717) is 18.5 Å². The Bertz CT molecular complexity index is 888. The summed E-state index contributed by atoms with van der Waals surface area (Å²) in [7, 11) is 0. The topological polar surface area (TPSA) is 41.9 Å². The fourth-order valence-electron chi connectivity index (χ4n) is 4.18. The Labute approximate surface area is 171 Å². The molecule has 1 aliphatic heterocycles. The lowest BCUT2D eigenvalue weighted by Gasteiger charge is -2.27. The molecule has 2 aromatic rings. The van der Waals surface area contributed by atoms with Gasteiger partial charge in [0.25, 0.3) is 0 Å². The number of benzene rings is 2. The summed E-state index contributed by atoms with van der Waals surface area (Å²) in [5, 5.41) is 4.26. The molecular weight excluding hydrogens is 367 g/mol. The van der Waals surface area contributed by atoms with Crippen molar-refractivity contribution < 1.29 is 14.0 Å². The molecule has 0 N–H and O–H groups in total. The third-order valence-corrected chi connectivity index (χ3v) is 5.88. The van der Waals surface area contributed by atoms with Gasteiger partial charge in [0.1, 0.15) is 5.82 Å². The van der Waals surface area contributed by atoms with E-state index in [1.54, 1.807) is 23.1 Å². The van der Waals surface area contributed by atoms with E-state index >= 15 is 0 Å². The maximum atomic E-state index is 14.2. The summed E-state index contributed by atoms with van der Waals surface area (Å²) in [6.45, 7) is 2.74. The zero-order chi connectivity index (χ0) is 20.2. The molecule has 4 rings (SSSR count). The first-order valence-electron chi connectivity index (χ1n) is 10.4. The van der Waals surface area contributed by atoms with Gasteiger partial charge in [0.2, 0.25) is 5.91 Å². The highest BCUT2D eigenvalue weighted by atomic mass is 19.1. The summed E-state index contributed by atoms with van der Waals surface area (Å²) in [5.41, 5.74) is 3.68. The molecule has 0 bridgehead atoms. The number of carbonyl (C=O) groups excluding carboxylic acids is 1. The minimum atomic E-state index is -0.277. The summed E-state index contributed by atoms with van der Waals surface area (Å²) in [6.07, 6.45) is 4.46. The molecule has 1 fully saturated rings. The average molecular weight is 394 g/mol. The van der Waals surface area contributed by atoms with Crippen LogP contribution in [0.1, 0.15) is 48.8 Å². The predicted molar refractivity (Wildman–Crippen MR) is 111 cm³/mol. The largest absolute Gasteiger partial charge is 0.390 e. The van der Waals surface area contributed by atoms with Crippen molar-refractivity contribution in [3.8, 4) is 0 Å². The Morgan fingerprint density at radius 1 is 1.14 bits per heavy atom. The van der Waals surface area contributed by atoms with Gasteiger partial charge in [-0.05, 0) is 31.4 Å². The molecule has 152 valence electrons. The average Bonchev–Trinajstić information content (AvgIpc) is 3.41. The van der Waals surface area contributed by atoms with Crippen molar-refractivity contribution in [1.82, 2.24) is 4.90 Å². The first kappa shape index (κ1) is 19.6. The molecule has 1 atom stereocenters. The highest BCUT2D eigenvalue weighted by molar-refractivity contribution is 6.01. The van der Waals surface area contributed by atoms with Crippen molar-refractivity contribution >= 4 is 11.6 Å². The van der Waals surface area contributed by atoms with Crippen LogP contribution >= 0.6 is 0 Å². The molecular formula is C24H27FN2O2. The predicted octanol–water partition coefficient (Wildman–Crippen LogP) is 4.85. The second-order valence-electron chi connectivity index (χ2n) is 8.13. The number of hydrogen-bond acceptors (Lipinski definition) is 3. The van der Waals surface area contributed by atoms with Crippen molar-refractivity contribution in [3.63, 3.8) is 0 Å². The number of aryl methyl sites for hydroxylation is 1. The van der Waals surface area contributed by atoms with Crippen LogP contribution in [0.25, 0.3) is 0 Å². The second kappa shape index (κ2) is 8.76. The zero-order valence-electron chi connectivity index (χ0n) is 16.8. The van der Waals surface area contributed by atoms with E-state index in [1.807, 2.05) is 12.1 Å². The van der Waals surface area contributed by atoms with Gasteiger partial charge in [0.05, 0.1) is 12.3 Å². The van der Waals surface area contributed by atoms with Crippen molar-refractivity contribution in [2.24, 2.45) is 11.1 Å². The highest BCUT2D eigenvalue weighted by Crippen LogP contribution is 2.28. The maximum Gasteiger partial charge on any atom is 0.226 e. The fourth-order valence-corrected chi connectivity index (χ4v) is 4.18. The molecule has 1 heterocycles. The number of halogens is 1. The van der Waals surface area contributed by atoms with Gasteiger partial charge < -0.3 is 9.74 Å². The second-order valence-corrected chi connectivity index (χ2v) is 8.13. The summed E-state index contributed by atoms with van der Waals surface area (Å²) in [4.78, 5) is 20.6. The van der Waals surface area contributed by atoms with E-state index in [1.165, 1.54) is 11.6 Å². The molecule has 0 aromatic heterocycles. The molecule has 1 amide bonds. The standard InChI is InChI=1S/C24H27FN2O2/c1-17-10-12-18(13-11-17)23-14-21(29-26-23)16-27(24(28)19-6-2-3-7-19)15-20-8-4-5-9-22(20)25/h4-5,8-13,19,21H,2-3,6-7,14-16H2,1H3. The van der Waals surface area contributed by atoms with Crippen LogP contribution in [0.2, 0.25) is 0 Å². The summed E-state index contributed by atoms with van der Waals surface area (Å²) in [5.74, 6) is -0.126. The van der Waals surface area contributed by atoms with Crippen LogP contribution in [0.4, 0.5) is 4.39 Å². The Kier molecular flexibility index (Phi) is 5.93. The molecule has 1 saturated carbocycles. The van der Waals surface area contributed by atoms with Crippen LogP contribution in [0.5, 0.6) is 0 Å². The molecule has 0 spiro atoms. The van der Waals surface area contributed by atoms with Crippen LogP contribution < -0.4 is 0 Å². The minimum Gasteiger partial charge on any atom is -0.390 e. The molecule has 1 unspecified atom stereocenters. The maximum absolute atomic E-state index is 14.2. The van der Waals surface area contributed by atoms with Crippen LogP contribution in [0.15, 0.2) is 53.7 Å². The third kappa shape index (κ3) is 4.66. The molecule has 0 saturated heterocycles. The monoisotopic (exact) mass is 394 g/mol. The van der Waals surface area contributed by atoms with Crippen LogP contribution in [0, 0.1) is 18.7 Å². The third-order valence-electron chi connectivity index (χ3n) is 5.88. The van der Waals surface area contributed by atoms with Gasteiger partial charge in [-0.15, -0.1) is 0 Å². The lowest BCUT2D eigenvalue weighted by Crippen LogP contribution is -2.40. The van der Waals surface area contributed by atoms with E-state index in [9.17, 15) is 9.18 Å². The minimum absolute atomic E-state index is 0.0423. The number of nitrogens with zero attached hydrogens (tertiary/aromatic N) is 2. The Morgan fingerprint density at radius 2 is 1.86 bits per heavy atom. The summed E-state index contributed by atoms with van der Waals surface area (Å²) < 4.78 is 14.2. The van der Waals surface area contributed by atoms with Crippen LogP contribution in [-0.2, 0) is 16.2 Å². The molecule has 0 radical (unpaired) electrons. The molecule has 29 heavy (non-hydrogen) atoms. The Morgan fingerprint density at radius 3 is 2.59 bits per heavy atom. The Balaban J connectivity index is 1.46. The van der Waals surface area contributed by atoms with E-state index in [4.69, 9.17) is 4.84 Å². The summed E-state index contributed by atoms with van der Waals surface area (Å²) in [6, 6.07) is 14.9. The van der Waals surface area contributed by atoms with E-state index < -0.39 is 0 Å². The van der Waals surface area contributed by atoms with Gasteiger partial charge in [-0.3, -0.25) is 4.79 Å². The molecule has 2 aliphatic rings. The number of hydrogen-bond donors (Lipinski definition) is 0. The first-order valence-corrected chi connectivity index (χ1v) is 10.4. The van der Waals surface area contributed by atoms with E-state index in [-0.39, 0.29) is 30.3 Å². The molecule has 4 nitrogen and oxygen atoms in total. The van der Waals surface area contributed by atoms with Gasteiger partial charge in [0, 0.05) is 24.4 Å². The number of amides is 1. The lowest BCUT2D eigenvalue weighted by atomic mass is 10.0. The SMILES string of the molecule is Cc1ccc(C2=NOC(CN(Cc3ccccc3F)C(=O)C3CCCC3)C2)cc1. The summed E-state index contributed by atoms with van der Waals surface area (Å²) >= 11 is 0. The van der Waals surface area contributed by atoms with Crippen LogP contribution in [-0.4, -0.2) is 29.2 Å². The normalized spacial score (nSPS) is 19.1. The number of carbonyl (C=O) groups is 1. The quantitative estimate of drug-likeness (QED) is 0.703. The lowest BCUT2D eigenvalue weighted by molar-refractivity contribution is -0.137. The number of rotatable bonds is 6. The van der Waals surface area contributed by atoms with Gasteiger partial charge in [-0.1, -0.05) is 66.0 Å². The molecule has 5 heteroatoms. The van der Waals surface area contributed by atoms with Crippen LogP contribution in [0.3, 0.4) is 0 Å². The highest BCUT2D eigenvalue weighted by Gasteiger charge is 2.32. The van der Waals surface area contributed by atoms with Crippen molar-refractivity contribution in [1.29, 1.82) is 0 Å². The van der Waals surface area contributed by atoms with Gasteiger partial charge in [0.15, 0.2) is 6.10 Å². The molecule has 1 aliphatic carbocycles. The Hall–Kier alpha value is -2.69. The van der Waals surface area contributed by atoms with Crippen molar-refractivity contribution in [2.45, 2.75) is 51.7 Å². The molecule has 2 aromatic carbocycles. The van der Waals surface area contributed by atoms with Gasteiger partial charge >= 0.3 is 0 Å². The zero-order valence-corrected chi connectivity index (χ0v) is 16.8. The van der Waals surface area contributed by atoms with Gasteiger partial charge in [-0.25, -0.2) is 4.39 Å². The fraction of sp³-hybridized carbons (Fsp3) is 0.417.